The average molecular weight is 299 g/mol. The molecule has 1 atom stereocenters. The van der Waals surface area contributed by atoms with E-state index in [9.17, 15) is 8.42 Å². The number of aryl methyl sites for hydroxylation is 1. The molecular weight excluding hydrogens is 282 g/mol. The molecule has 108 valence electrons. The normalized spacial score (nSPS) is 18.4. The Morgan fingerprint density at radius 2 is 1.67 bits per heavy atom. The van der Waals surface area contributed by atoms with Crippen LogP contribution in [0.3, 0.4) is 0 Å². The monoisotopic (exact) mass is 299 g/mol. The summed E-state index contributed by atoms with van der Waals surface area (Å²) in [5, 5.41) is 0. The molecule has 0 bridgehead atoms. The molecule has 0 aliphatic carbocycles. The first-order valence-corrected chi connectivity index (χ1v) is 8.28. The van der Waals surface area contributed by atoms with Crippen LogP contribution in [0.5, 0.6) is 0 Å². The zero-order chi connectivity index (χ0) is 15.0. The number of rotatable bonds is 3. The van der Waals surface area contributed by atoms with Crippen LogP contribution in [-0.2, 0) is 10.0 Å². The van der Waals surface area contributed by atoms with E-state index in [4.69, 9.17) is 0 Å². The van der Waals surface area contributed by atoms with Gasteiger partial charge in [-0.25, -0.2) is 8.42 Å². The topological polar surface area (TPSA) is 37.4 Å². The van der Waals surface area contributed by atoms with Crippen molar-refractivity contribution in [2.75, 3.05) is 0 Å². The predicted octanol–water partition coefficient (Wildman–Crippen LogP) is 3.64. The third-order valence-corrected chi connectivity index (χ3v) is 5.68. The Bertz CT molecular complexity index is 764. The molecule has 0 radical (unpaired) electrons. The van der Waals surface area contributed by atoms with Gasteiger partial charge in [0.05, 0.1) is 10.9 Å². The summed E-state index contributed by atoms with van der Waals surface area (Å²) in [5.41, 5.74) is 2.68. The maximum atomic E-state index is 12.8. The van der Waals surface area contributed by atoms with E-state index in [1.165, 1.54) is 4.31 Å². The summed E-state index contributed by atoms with van der Waals surface area (Å²) >= 11 is 0. The molecule has 0 saturated carbocycles. The van der Waals surface area contributed by atoms with Crippen LogP contribution in [-0.4, -0.2) is 12.7 Å². The van der Waals surface area contributed by atoms with Gasteiger partial charge in [0.1, 0.15) is 0 Å². The van der Waals surface area contributed by atoms with E-state index in [0.29, 0.717) is 17.0 Å². The van der Waals surface area contributed by atoms with Crippen molar-refractivity contribution in [2.24, 2.45) is 0 Å². The Kier molecular flexibility index (Phi) is 3.33. The van der Waals surface area contributed by atoms with Crippen molar-refractivity contribution in [3.8, 4) is 0 Å². The minimum atomic E-state index is -3.53. The molecule has 4 heteroatoms. The molecule has 3 rings (SSSR count). The van der Waals surface area contributed by atoms with Gasteiger partial charge in [0.25, 0.3) is 10.0 Å². The standard InChI is InChI=1S/C17H17NO2S/c1-13-8-10-16(11-9-13)21(19,20)18-14(2)12-17(18)15-6-4-3-5-7-15/h3-11,17H,2,12H2,1H3. The van der Waals surface area contributed by atoms with Gasteiger partial charge in [0, 0.05) is 12.1 Å². The fourth-order valence-electron chi connectivity index (χ4n) is 2.59. The predicted molar refractivity (Wildman–Crippen MR) is 83.1 cm³/mol. The molecule has 3 nitrogen and oxygen atoms in total. The second-order valence-electron chi connectivity index (χ2n) is 5.31. The van der Waals surface area contributed by atoms with E-state index in [1.807, 2.05) is 49.4 Å². The number of nitrogens with zero attached hydrogens (tertiary/aromatic N) is 1. The zero-order valence-electron chi connectivity index (χ0n) is 11.9. The number of sulfonamides is 1. The second-order valence-corrected chi connectivity index (χ2v) is 7.13. The summed E-state index contributed by atoms with van der Waals surface area (Å²) in [5.74, 6) is 0. The summed E-state index contributed by atoms with van der Waals surface area (Å²) in [7, 11) is -3.53. The minimum Gasteiger partial charge on any atom is -0.263 e. The van der Waals surface area contributed by atoms with Crippen molar-refractivity contribution in [3.63, 3.8) is 0 Å². The van der Waals surface area contributed by atoms with E-state index >= 15 is 0 Å². The Morgan fingerprint density at radius 3 is 2.24 bits per heavy atom. The summed E-state index contributed by atoms with van der Waals surface area (Å²) in [6, 6.07) is 16.5. The Labute approximate surface area is 125 Å². The third kappa shape index (κ3) is 2.36. The van der Waals surface area contributed by atoms with Crippen LogP contribution in [0.25, 0.3) is 0 Å². The van der Waals surface area contributed by atoms with Crippen LogP contribution >= 0.6 is 0 Å². The Hall–Kier alpha value is -2.07. The number of hydrogen-bond donors (Lipinski definition) is 0. The highest BCUT2D eigenvalue weighted by Crippen LogP contribution is 2.44. The molecule has 1 saturated heterocycles. The van der Waals surface area contributed by atoms with Crippen molar-refractivity contribution in [3.05, 3.63) is 78.0 Å². The molecule has 0 N–H and O–H groups in total. The molecule has 0 spiro atoms. The molecule has 1 heterocycles. The largest absolute Gasteiger partial charge is 0.264 e. The van der Waals surface area contributed by atoms with Crippen molar-refractivity contribution in [2.45, 2.75) is 24.3 Å². The third-order valence-electron chi connectivity index (χ3n) is 3.79. The molecule has 1 unspecified atom stereocenters. The first-order chi connectivity index (χ1) is 10.00. The lowest BCUT2D eigenvalue weighted by Crippen LogP contribution is -2.42. The summed E-state index contributed by atoms with van der Waals surface area (Å²) in [6.45, 7) is 5.81. The van der Waals surface area contributed by atoms with Gasteiger partial charge in [-0.2, -0.15) is 0 Å². The molecule has 2 aromatic carbocycles. The number of benzene rings is 2. The second kappa shape index (κ2) is 5.04. The van der Waals surface area contributed by atoms with Crippen LogP contribution in [0.4, 0.5) is 0 Å². The van der Waals surface area contributed by atoms with Crippen LogP contribution in [0.1, 0.15) is 23.6 Å². The highest BCUT2D eigenvalue weighted by Gasteiger charge is 2.41. The average Bonchev–Trinajstić information content (AvgIpc) is 2.45. The fourth-order valence-corrected chi connectivity index (χ4v) is 4.25. The summed E-state index contributed by atoms with van der Waals surface area (Å²) in [6.07, 6.45) is 0.676. The molecule has 2 aromatic rings. The SMILES string of the molecule is C=C1CC(c2ccccc2)N1S(=O)(=O)c1ccc(C)cc1. The molecule has 1 aliphatic rings. The first kappa shape index (κ1) is 13.9. The maximum absolute atomic E-state index is 12.8. The summed E-state index contributed by atoms with van der Waals surface area (Å²) in [4.78, 5) is 0.315. The minimum absolute atomic E-state index is 0.148. The van der Waals surface area contributed by atoms with Gasteiger partial charge < -0.3 is 0 Å². The molecule has 0 amide bonds. The van der Waals surface area contributed by atoms with Crippen LogP contribution in [0, 0.1) is 6.92 Å². The van der Waals surface area contributed by atoms with Crippen molar-refractivity contribution < 1.29 is 8.42 Å². The van der Waals surface area contributed by atoms with Crippen molar-refractivity contribution in [1.29, 1.82) is 0 Å². The lowest BCUT2D eigenvalue weighted by molar-refractivity contribution is 0.277. The van der Waals surface area contributed by atoms with E-state index in [1.54, 1.807) is 12.1 Å². The maximum Gasteiger partial charge on any atom is 0.264 e. The van der Waals surface area contributed by atoms with Gasteiger partial charge in [0.15, 0.2) is 0 Å². The molecule has 21 heavy (non-hydrogen) atoms. The first-order valence-electron chi connectivity index (χ1n) is 6.84. The Balaban J connectivity index is 1.98. The quantitative estimate of drug-likeness (QED) is 0.867. The lowest BCUT2D eigenvalue weighted by atomic mass is 9.95. The van der Waals surface area contributed by atoms with Crippen molar-refractivity contribution >= 4 is 10.0 Å². The van der Waals surface area contributed by atoms with Gasteiger partial charge in [-0.15, -0.1) is 0 Å². The molecule has 0 aromatic heterocycles. The highest BCUT2D eigenvalue weighted by atomic mass is 32.2. The molecular formula is C17H17NO2S. The highest BCUT2D eigenvalue weighted by molar-refractivity contribution is 7.89. The molecule has 1 fully saturated rings. The van der Waals surface area contributed by atoms with Gasteiger partial charge in [-0.3, -0.25) is 4.31 Å². The zero-order valence-corrected chi connectivity index (χ0v) is 12.7. The molecule has 1 aliphatic heterocycles. The van der Waals surface area contributed by atoms with Crippen LogP contribution in [0.2, 0.25) is 0 Å². The van der Waals surface area contributed by atoms with Crippen molar-refractivity contribution in [1.82, 2.24) is 4.31 Å². The van der Waals surface area contributed by atoms with Crippen LogP contribution < -0.4 is 0 Å². The van der Waals surface area contributed by atoms with Crippen LogP contribution in [0.15, 0.2) is 71.8 Å². The number of hydrogen-bond acceptors (Lipinski definition) is 2. The van der Waals surface area contributed by atoms with E-state index in [2.05, 4.69) is 6.58 Å². The van der Waals surface area contributed by atoms with E-state index in [-0.39, 0.29) is 6.04 Å². The van der Waals surface area contributed by atoms with Gasteiger partial charge in [-0.1, -0.05) is 54.6 Å². The van der Waals surface area contributed by atoms with Gasteiger partial charge >= 0.3 is 0 Å². The van der Waals surface area contributed by atoms with Gasteiger partial charge in [-0.05, 0) is 24.6 Å². The summed E-state index contributed by atoms with van der Waals surface area (Å²) < 4.78 is 27.0. The fraction of sp³-hybridized carbons (Fsp3) is 0.176. The van der Waals surface area contributed by atoms with E-state index < -0.39 is 10.0 Å². The lowest BCUT2D eigenvalue weighted by Gasteiger charge is -2.43. The van der Waals surface area contributed by atoms with E-state index in [0.717, 1.165) is 11.1 Å². The Morgan fingerprint density at radius 1 is 1.05 bits per heavy atom. The van der Waals surface area contributed by atoms with Gasteiger partial charge in [0.2, 0.25) is 0 Å². The smallest absolute Gasteiger partial charge is 0.263 e.